The number of hydrogen-bond donors (Lipinski definition) is 1. The summed E-state index contributed by atoms with van der Waals surface area (Å²) < 4.78 is 1.69. The molecular weight excluding hydrogens is 326 g/mol. The SMILES string of the molecule is Cn1cc(-c2nc(-c3ccc(Cl)cc3)cc3ncc(=O)[nH]c23)cn1. The minimum absolute atomic E-state index is 0.270. The molecule has 0 atom stereocenters. The summed E-state index contributed by atoms with van der Waals surface area (Å²) in [5, 5.41) is 4.84. The fourth-order valence-corrected chi connectivity index (χ4v) is 2.69. The van der Waals surface area contributed by atoms with E-state index >= 15 is 0 Å². The first-order valence-corrected chi connectivity index (χ1v) is 7.63. The minimum Gasteiger partial charge on any atom is -0.317 e. The number of hydrogen-bond acceptors (Lipinski definition) is 4. The summed E-state index contributed by atoms with van der Waals surface area (Å²) in [6.07, 6.45) is 4.82. The molecule has 3 aromatic heterocycles. The average Bonchev–Trinajstić information content (AvgIpc) is 3.01. The van der Waals surface area contributed by atoms with E-state index < -0.39 is 0 Å². The van der Waals surface area contributed by atoms with Gasteiger partial charge in [0.15, 0.2) is 0 Å². The van der Waals surface area contributed by atoms with E-state index in [0.29, 0.717) is 21.7 Å². The Bertz CT molecular complexity index is 1100. The molecule has 118 valence electrons. The molecule has 0 fully saturated rings. The fraction of sp³-hybridized carbons (Fsp3) is 0.0588. The number of aromatic amines is 1. The van der Waals surface area contributed by atoms with Gasteiger partial charge in [0.2, 0.25) is 0 Å². The molecule has 0 unspecified atom stereocenters. The molecule has 4 rings (SSSR count). The van der Waals surface area contributed by atoms with Crippen molar-refractivity contribution in [3.8, 4) is 22.5 Å². The highest BCUT2D eigenvalue weighted by atomic mass is 35.5. The van der Waals surface area contributed by atoms with E-state index in [1.54, 1.807) is 10.9 Å². The van der Waals surface area contributed by atoms with Crippen molar-refractivity contribution in [1.82, 2.24) is 24.7 Å². The predicted molar refractivity (Wildman–Crippen MR) is 92.8 cm³/mol. The van der Waals surface area contributed by atoms with Crippen LogP contribution in [0.3, 0.4) is 0 Å². The second-order valence-electron chi connectivity index (χ2n) is 5.41. The molecule has 3 heterocycles. The molecule has 0 bridgehead atoms. The Kier molecular flexibility index (Phi) is 3.39. The third-order valence-electron chi connectivity index (χ3n) is 3.69. The maximum Gasteiger partial charge on any atom is 0.266 e. The molecule has 6 nitrogen and oxygen atoms in total. The molecule has 0 radical (unpaired) electrons. The molecule has 0 aliphatic rings. The summed E-state index contributed by atoms with van der Waals surface area (Å²) >= 11 is 5.96. The van der Waals surface area contributed by atoms with Gasteiger partial charge in [-0.3, -0.25) is 9.48 Å². The maximum absolute atomic E-state index is 11.7. The molecule has 1 aromatic carbocycles. The number of fused-ring (bicyclic) bond motifs is 1. The van der Waals surface area contributed by atoms with E-state index in [1.165, 1.54) is 6.20 Å². The third-order valence-corrected chi connectivity index (χ3v) is 3.94. The lowest BCUT2D eigenvalue weighted by atomic mass is 10.1. The van der Waals surface area contributed by atoms with Gasteiger partial charge in [0.05, 0.1) is 34.8 Å². The molecule has 7 heteroatoms. The average molecular weight is 338 g/mol. The lowest BCUT2D eigenvalue weighted by molar-refractivity contribution is 0.768. The number of nitrogens with zero attached hydrogens (tertiary/aromatic N) is 4. The highest BCUT2D eigenvalue weighted by Crippen LogP contribution is 2.28. The highest BCUT2D eigenvalue weighted by Gasteiger charge is 2.13. The van der Waals surface area contributed by atoms with Crippen molar-refractivity contribution in [2.75, 3.05) is 0 Å². The van der Waals surface area contributed by atoms with Gasteiger partial charge >= 0.3 is 0 Å². The van der Waals surface area contributed by atoms with Crippen LogP contribution < -0.4 is 5.56 Å². The largest absolute Gasteiger partial charge is 0.317 e. The Hall–Kier alpha value is -2.99. The van der Waals surface area contributed by atoms with E-state index in [1.807, 2.05) is 43.6 Å². The zero-order valence-electron chi connectivity index (χ0n) is 12.7. The summed E-state index contributed by atoms with van der Waals surface area (Å²) in [5.41, 5.74) is 4.09. The monoisotopic (exact) mass is 337 g/mol. The number of rotatable bonds is 2. The number of benzene rings is 1. The molecular formula is C17H12ClN5O. The molecule has 0 aliphatic heterocycles. The number of aromatic nitrogens is 5. The van der Waals surface area contributed by atoms with Crippen molar-refractivity contribution in [2.24, 2.45) is 7.05 Å². The Morgan fingerprint density at radius 1 is 1.12 bits per heavy atom. The molecule has 0 aliphatic carbocycles. The van der Waals surface area contributed by atoms with Crippen LogP contribution in [0.4, 0.5) is 0 Å². The van der Waals surface area contributed by atoms with E-state index in [-0.39, 0.29) is 5.56 Å². The topological polar surface area (TPSA) is 76.5 Å². The lowest BCUT2D eigenvalue weighted by Crippen LogP contribution is -2.07. The summed E-state index contributed by atoms with van der Waals surface area (Å²) in [6, 6.07) is 9.26. The fourth-order valence-electron chi connectivity index (χ4n) is 2.56. The highest BCUT2D eigenvalue weighted by molar-refractivity contribution is 6.30. The summed E-state index contributed by atoms with van der Waals surface area (Å²) in [5.74, 6) is 0. The number of pyridine rings is 1. The Balaban J connectivity index is 2.02. The van der Waals surface area contributed by atoms with Crippen LogP contribution >= 0.6 is 11.6 Å². The molecule has 4 aromatic rings. The van der Waals surface area contributed by atoms with Crippen LogP contribution in [-0.4, -0.2) is 24.7 Å². The Labute approximate surface area is 141 Å². The normalized spacial score (nSPS) is 11.1. The number of halogens is 1. The summed E-state index contributed by atoms with van der Waals surface area (Å²) in [7, 11) is 1.83. The lowest BCUT2D eigenvalue weighted by Gasteiger charge is -2.08. The van der Waals surface area contributed by atoms with Crippen molar-refractivity contribution < 1.29 is 0 Å². The van der Waals surface area contributed by atoms with Gasteiger partial charge in [0, 0.05) is 29.4 Å². The molecule has 0 saturated carbocycles. The molecule has 0 amide bonds. The van der Waals surface area contributed by atoms with Gasteiger partial charge in [0.1, 0.15) is 0 Å². The molecule has 0 spiro atoms. The van der Waals surface area contributed by atoms with Crippen molar-refractivity contribution in [3.05, 3.63) is 64.3 Å². The van der Waals surface area contributed by atoms with Gasteiger partial charge in [0.25, 0.3) is 5.56 Å². The standard InChI is InChI=1S/C17H12ClN5O/c1-23-9-11(7-20-23)16-17-14(19-8-15(24)22-17)6-13(21-16)10-2-4-12(18)5-3-10/h2-9H,1H3,(H,22,24). The molecule has 1 N–H and O–H groups in total. The first kappa shape index (κ1) is 14.6. The van der Waals surface area contributed by atoms with Gasteiger partial charge in [-0.05, 0) is 18.2 Å². The van der Waals surface area contributed by atoms with E-state index in [4.69, 9.17) is 16.6 Å². The second-order valence-corrected chi connectivity index (χ2v) is 5.84. The first-order chi connectivity index (χ1) is 11.6. The zero-order valence-corrected chi connectivity index (χ0v) is 13.4. The first-order valence-electron chi connectivity index (χ1n) is 7.25. The van der Waals surface area contributed by atoms with Crippen molar-refractivity contribution >= 4 is 22.6 Å². The second kappa shape index (κ2) is 5.58. The van der Waals surface area contributed by atoms with Crippen molar-refractivity contribution in [1.29, 1.82) is 0 Å². The predicted octanol–water partition coefficient (Wildman–Crippen LogP) is 3.04. The molecule has 24 heavy (non-hydrogen) atoms. The van der Waals surface area contributed by atoms with Gasteiger partial charge in [-0.1, -0.05) is 23.7 Å². The smallest absolute Gasteiger partial charge is 0.266 e. The van der Waals surface area contributed by atoms with Gasteiger partial charge in [-0.15, -0.1) is 0 Å². The van der Waals surface area contributed by atoms with E-state index in [2.05, 4.69) is 15.1 Å². The summed E-state index contributed by atoms with van der Waals surface area (Å²) in [4.78, 5) is 23.5. The van der Waals surface area contributed by atoms with Gasteiger partial charge in [-0.2, -0.15) is 5.10 Å². The van der Waals surface area contributed by atoms with Crippen molar-refractivity contribution in [3.63, 3.8) is 0 Å². The van der Waals surface area contributed by atoms with Crippen LogP contribution in [-0.2, 0) is 7.05 Å². The van der Waals surface area contributed by atoms with E-state index in [9.17, 15) is 4.79 Å². The van der Waals surface area contributed by atoms with Crippen LogP contribution in [0.1, 0.15) is 0 Å². The Morgan fingerprint density at radius 3 is 2.62 bits per heavy atom. The van der Waals surface area contributed by atoms with Crippen LogP contribution in [0.2, 0.25) is 5.02 Å². The Morgan fingerprint density at radius 2 is 1.92 bits per heavy atom. The summed E-state index contributed by atoms with van der Waals surface area (Å²) in [6.45, 7) is 0. The minimum atomic E-state index is -0.270. The third kappa shape index (κ3) is 2.57. The van der Waals surface area contributed by atoms with E-state index in [0.717, 1.165) is 16.8 Å². The number of aryl methyl sites for hydroxylation is 1. The van der Waals surface area contributed by atoms with Gasteiger partial charge < -0.3 is 4.98 Å². The number of nitrogens with one attached hydrogen (secondary N) is 1. The van der Waals surface area contributed by atoms with Gasteiger partial charge in [-0.25, -0.2) is 9.97 Å². The van der Waals surface area contributed by atoms with Crippen LogP contribution in [0.5, 0.6) is 0 Å². The van der Waals surface area contributed by atoms with Crippen LogP contribution in [0.15, 0.2) is 53.7 Å². The van der Waals surface area contributed by atoms with Crippen LogP contribution in [0, 0.1) is 0 Å². The number of H-pyrrole nitrogens is 1. The van der Waals surface area contributed by atoms with Crippen LogP contribution in [0.25, 0.3) is 33.5 Å². The van der Waals surface area contributed by atoms with Crippen molar-refractivity contribution in [2.45, 2.75) is 0 Å². The maximum atomic E-state index is 11.7. The quantitative estimate of drug-likeness (QED) is 0.610. The molecule has 0 saturated heterocycles. The zero-order chi connectivity index (χ0) is 16.7.